The fourth-order valence-electron chi connectivity index (χ4n) is 3.58. The highest BCUT2D eigenvalue weighted by Crippen LogP contribution is 2.40. The van der Waals surface area contributed by atoms with Crippen LogP contribution in [0.15, 0.2) is 24.3 Å². The molecule has 0 radical (unpaired) electrons. The van der Waals surface area contributed by atoms with Crippen LogP contribution < -0.4 is 9.47 Å². The monoisotopic (exact) mass is 388 g/mol. The summed E-state index contributed by atoms with van der Waals surface area (Å²) in [6, 6.07) is 7.50. The van der Waals surface area contributed by atoms with Crippen LogP contribution in [0.1, 0.15) is 54.5 Å². The van der Waals surface area contributed by atoms with Gasteiger partial charge in [0.1, 0.15) is 23.7 Å². The summed E-state index contributed by atoms with van der Waals surface area (Å²) >= 11 is 6.28. The second kappa shape index (κ2) is 7.08. The zero-order valence-electron chi connectivity index (χ0n) is 16.4. The molecule has 1 aliphatic rings. The first kappa shape index (κ1) is 19.6. The van der Waals surface area contributed by atoms with Crippen LogP contribution in [0, 0.1) is 13.8 Å². The number of carboxylic acids is 1. The first-order valence-electron chi connectivity index (χ1n) is 9.05. The fourth-order valence-corrected chi connectivity index (χ4v) is 3.85. The molecule has 1 atom stereocenters. The van der Waals surface area contributed by atoms with Gasteiger partial charge in [0.2, 0.25) is 0 Å². The summed E-state index contributed by atoms with van der Waals surface area (Å²) in [5.74, 6) is 0.208. The molecule has 3 rings (SSSR count). The molecule has 0 saturated carbocycles. The highest BCUT2D eigenvalue weighted by molar-refractivity contribution is 6.30. The number of halogens is 1. The SMILES string of the molecule is Cc1c(OCc2cc(Cl)cc3c2OC(C)(C)C3)ccc(C(C)C(=O)O)c1C. The van der Waals surface area contributed by atoms with Gasteiger partial charge in [0, 0.05) is 17.0 Å². The second-order valence-electron chi connectivity index (χ2n) is 7.84. The average molecular weight is 389 g/mol. The molecule has 0 fully saturated rings. The molecular weight excluding hydrogens is 364 g/mol. The van der Waals surface area contributed by atoms with E-state index in [9.17, 15) is 9.90 Å². The fraction of sp³-hybridized carbons (Fsp3) is 0.409. The van der Waals surface area contributed by atoms with Crippen LogP contribution in [-0.4, -0.2) is 16.7 Å². The van der Waals surface area contributed by atoms with Gasteiger partial charge in [-0.05, 0) is 75.1 Å². The van der Waals surface area contributed by atoms with E-state index in [1.807, 2.05) is 38.1 Å². The first-order chi connectivity index (χ1) is 12.6. The predicted octanol–water partition coefficient (Wildman–Crippen LogP) is 5.44. The molecule has 0 amide bonds. The van der Waals surface area contributed by atoms with Crippen molar-refractivity contribution in [3.63, 3.8) is 0 Å². The minimum Gasteiger partial charge on any atom is -0.488 e. The maximum absolute atomic E-state index is 11.3. The largest absolute Gasteiger partial charge is 0.488 e. The van der Waals surface area contributed by atoms with Crippen LogP contribution in [-0.2, 0) is 17.8 Å². The Labute approximate surface area is 165 Å². The van der Waals surface area contributed by atoms with Gasteiger partial charge in [-0.25, -0.2) is 0 Å². The van der Waals surface area contributed by atoms with Crippen molar-refractivity contribution in [2.45, 2.75) is 59.2 Å². The molecule has 1 N–H and O–H groups in total. The number of ether oxygens (including phenoxy) is 2. The Morgan fingerprint density at radius 1 is 1.30 bits per heavy atom. The summed E-state index contributed by atoms with van der Waals surface area (Å²) < 4.78 is 12.2. The Balaban J connectivity index is 1.85. The maximum atomic E-state index is 11.3. The summed E-state index contributed by atoms with van der Waals surface area (Å²) in [5.41, 5.74) is 4.47. The van der Waals surface area contributed by atoms with Gasteiger partial charge < -0.3 is 14.6 Å². The molecule has 27 heavy (non-hydrogen) atoms. The highest BCUT2D eigenvalue weighted by atomic mass is 35.5. The van der Waals surface area contributed by atoms with Gasteiger partial charge in [0.25, 0.3) is 0 Å². The quantitative estimate of drug-likeness (QED) is 0.741. The molecule has 1 unspecified atom stereocenters. The number of hydrogen-bond acceptors (Lipinski definition) is 3. The van der Waals surface area contributed by atoms with Gasteiger partial charge in [-0.3, -0.25) is 4.79 Å². The van der Waals surface area contributed by atoms with Crippen LogP contribution in [0.5, 0.6) is 11.5 Å². The molecule has 0 aromatic heterocycles. The van der Waals surface area contributed by atoms with Crippen molar-refractivity contribution in [3.05, 3.63) is 57.1 Å². The number of aliphatic carboxylic acids is 1. The van der Waals surface area contributed by atoms with Crippen molar-refractivity contribution in [3.8, 4) is 11.5 Å². The van der Waals surface area contributed by atoms with E-state index in [0.717, 1.165) is 45.7 Å². The third-order valence-electron chi connectivity index (χ3n) is 5.20. The van der Waals surface area contributed by atoms with Crippen molar-refractivity contribution in [2.24, 2.45) is 0 Å². The lowest BCUT2D eigenvalue weighted by Gasteiger charge is -2.19. The van der Waals surface area contributed by atoms with Crippen LogP contribution in [0.3, 0.4) is 0 Å². The number of carboxylic acid groups (broad SMARTS) is 1. The topological polar surface area (TPSA) is 55.8 Å². The third kappa shape index (κ3) is 3.91. The number of rotatable bonds is 5. The summed E-state index contributed by atoms with van der Waals surface area (Å²) in [5, 5.41) is 9.95. The molecule has 1 aliphatic heterocycles. The Morgan fingerprint density at radius 3 is 2.67 bits per heavy atom. The predicted molar refractivity (Wildman–Crippen MR) is 106 cm³/mol. The van der Waals surface area contributed by atoms with Crippen LogP contribution in [0.25, 0.3) is 0 Å². The van der Waals surface area contributed by atoms with Gasteiger partial charge >= 0.3 is 5.97 Å². The van der Waals surface area contributed by atoms with Gasteiger partial charge in [-0.1, -0.05) is 17.7 Å². The molecule has 5 heteroatoms. The van der Waals surface area contributed by atoms with E-state index in [1.54, 1.807) is 6.92 Å². The van der Waals surface area contributed by atoms with Crippen molar-refractivity contribution in [1.29, 1.82) is 0 Å². The van der Waals surface area contributed by atoms with E-state index in [2.05, 4.69) is 13.8 Å². The number of fused-ring (bicyclic) bond motifs is 1. The molecule has 2 aromatic carbocycles. The zero-order valence-corrected chi connectivity index (χ0v) is 17.1. The first-order valence-corrected chi connectivity index (χ1v) is 9.43. The molecule has 0 spiro atoms. The normalized spacial score (nSPS) is 15.8. The molecular formula is C22H25ClO4. The van der Waals surface area contributed by atoms with Gasteiger partial charge in [-0.2, -0.15) is 0 Å². The van der Waals surface area contributed by atoms with E-state index < -0.39 is 11.9 Å². The Kier molecular flexibility index (Phi) is 5.13. The Morgan fingerprint density at radius 2 is 2.00 bits per heavy atom. The van der Waals surface area contributed by atoms with E-state index in [0.29, 0.717) is 11.6 Å². The number of benzene rings is 2. The molecule has 0 saturated heterocycles. The number of carbonyl (C=O) groups is 1. The Hall–Kier alpha value is -2.20. The van der Waals surface area contributed by atoms with E-state index in [4.69, 9.17) is 21.1 Å². The smallest absolute Gasteiger partial charge is 0.310 e. The van der Waals surface area contributed by atoms with E-state index in [-0.39, 0.29) is 5.60 Å². The third-order valence-corrected chi connectivity index (χ3v) is 5.42. The summed E-state index contributed by atoms with van der Waals surface area (Å²) in [7, 11) is 0. The van der Waals surface area contributed by atoms with E-state index in [1.165, 1.54) is 0 Å². The second-order valence-corrected chi connectivity index (χ2v) is 8.28. The minimum atomic E-state index is -0.833. The summed E-state index contributed by atoms with van der Waals surface area (Å²) in [6.45, 7) is 10.0. The lowest BCUT2D eigenvalue weighted by atomic mass is 9.93. The summed E-state index contributed by atoms with van der Waals surface area (Å²) in [6.07, 6.45) is 0.815. The minimum absolute atomic E-state index is 0.247. The molecule has 144 valence electrons. The van der Waals surface area contributed by atoms with Crippen LogP contribution in [0.2, 0.25) is 5.02 Å². The van der Waals surface area contributed by atoms with Crippen molar-refractivity contribution in [1.82, 2.24) is 0 Å². The summed E-state index contributed by atoms with van der Waals surface area (Å²) in [4.78, 5) is 11.3. The van der Waals surface area contributed by atoms with E-state index >= 15 is 0 Å². The molecule has 0 bridgehead atoms. The molecule has 1 heterocycles. The Bertz CT molecular complexity index is 902. The standard InChI is InChI=1S/C22H25ClO4/c1-12-13(2)19(7-6-18(12)14(3)21(24)25)26-11-16-9-17(23)8-15-10-22(4,5)27-20(15)16/h6-9,14H,10-11H2,1-5H3,(H,24,25). The van der Waals surface area contributed by atoms with Crippen molar-refractivity contribution < 1.29 is 19.4 Å². The maximum Gasteiger partial charge on any atom is 0.310 e. The van der Waals surface area contributed by atoms with Gasteiger partial charge in [0.15, 0.2) is 0 Å². The lowest BCUT2D eigenvalue weighted by Crippen LogP contribution is -2.25. The van der Waals surface area contributed by atoms with Crippen molar-refractivity contribution >= 4 is 17.6 Å². The van der Waals surface area contributed by atoms with Crippen LogP contribution >= 0.6 is 11.6 Å². The average Bonchev–Trinajstić information content (AvgIpc) is 2.89. The molecule has 0 aliphatic carbocycles. The van der Waals surface area contributed by atoms with Crippen LogP contribution in [0.4, 0.5) is 0 Å². The lowest BCUT2D eigenvalue weighted by molar-refractivity contribution is -0.138. The van der Waals surface area contributed by atoms with Crippen molar-refractivity contribution in [2.75, 3.05) is 0 Å². The molecule has 4 nitrogen and oxygen atoms in total. The van der Waals surface area contributed by atoms with Gasteiger partial charge in [-0.15, -0.1) is 0 Å². The highest BCUT2D eigenvalue weighted by Gasteiger charge is 2.32. The number of hydrogen-bond donors (Lipinski definition) is 1. The zero-order chi connectivity index (χ0) is 19.9. The molecule has 2 aromatic rings. The van der Waals surface area contributed by atoms with Gasteiger partial charge in [0.05, 0.1) is 5.92 Å².